The highest BCUT2D eigenvalue weighted by molar-refractivity contribution is 5.95. The molecule has 0 aromatic heterocycles. The van der Waals surface area contributed by atoms with E-state index in [1.807, 2.05) is 0 Å². The molecule has 0 heterocycles. The Morgan fingerprint density at radius 3 is 2.50 bits per heavy atom. The summed E-state index contributed by atoms with van der Waals surface area (Å²) >= 11 is 0. The summed E-state index contributed by atoms with van der Waals surface area (Å²) < 4.78 is 50.1. The first-order chi connectivity index (χ1) is 8.24. The number of rotatable bonds is 3. The third-order valence-corrected chi connectivity index (χ3v) is 2.26. The van der Waals surface area contributed by atoms with Crippen LogP contribution in [-0.4, -0.2) is 30.1 Å². The van der Waals surface area contributed by atoms with Crippen LogP contribution in [0, 0.1) is 5.82 Å². The van der Waals surface area contributed by atoms with Crippen LogP contribution in [0.4, 0.5) is 23.2 Å². The van der Waals surface area contributed by atoms with Crippen LogP contribution in [0.25, 0.3) is 0 Å². The van der Waals surface area contributed by atoms with Crippen molar-refractivity contribution >= 4 is 11.6 Å². The lowest BCUT2D eigenvalue weighted by Crippen LogP contribution is -2.39. The molecule has 0 saturated carbocycles. The molecule has 1 aromatic rings. The molecule has 2 N–H and O–H groups in total. The first-order valence-corrected chi connectivity index (χ1v) is 5.15. The van der Waals surface area contributed by atoms with Crippen LogP contribution in [-0.2, 0) is 0 Å². The van der Waals surface area contributed by atoms with Crippen molar-refractivity contribution in [3.8, 4) is 0 Å². The monoisotopic (exact) mass is 264 g/mol. The molecule has 0 aliphatic rings. The third-order valence-electron chi connectivity index (χ3n) is 2.26. The van der Waals surface area contributed by atoms with Crippen molar-refractivity contribution in [2.45, 2.75) is 13.1 Å². The predicted octanol–water partition coefficient (Wildman–Crippen LogP) is 2.43. The van der Waals surface area contributed by atoms with Gasteiger partial charge in [-0.1, -0.05) is 0 Å². The Hall–Kier alpha value is -1.79. The van der Waals surface area contributed by atoms with Gasteiger partial charge in [0.05, 0.1) is 5.56 Å². The van der Waals surface area contributed by atoms with Gasteiger partial charge in [0.15, 0.2) is 0 Å². The second kappa shape index (κ2) is 5.24. The predicted molar refractivity (Wildman–Crippen MR) is 58.4 cm³/mol. The van der Waals surface area contributed by atoms with Crippen molar-refractivity contribution in [3.63, 3.8) is 0 Å². The summed E-state index contributed by atoms with van der Waals surface area (Å²) in [4.78, 5) is 12.3. The zero-order valence-electron chi connectivity index (χ0n) is 9.59. The van der Waals surface area contributed by atoms with Crippen LogP contribution in [0.5, 0.6) is 0 Å². The van der Waals surface area contributed by atoms with Gasteiger partial charge in [0.2, 0.25) is 0 Å². The van der Waals surface area contributed by atoms with Crippen molar-refractivity contribution < 1.29 is 22.4 Å². The molecule has 0 unspecified atom stereocenters. The van der Waals surface area contributed by atoms with Gasteiger partial charge < -0.3 is 10.6 Å². The smallest absolute Gasteiger partial charge is 0.399 e. The van der Waals surface area contributed by atoms with E-state index >= 15 is 0 Å². The van der Waals surface area contributed by atoms with E-state index < -0.39 is 30.0 Å². The molecule has 1 aromatic carbocycles. The summed E-state index contributed by atoms with van der Waals surface area (Å²) in [6.45, 7) is -0.211. The quantitative estimate of drug-likeness (QED) is 0.673. The molecule has 100 valence electrons. The van der Waals surface area contributed by atoms with Crippen molar-refractivity contribution in [1.29, 1.82) is 0 Å². The van der Waals surface area contributed by atoms with Crippen molar-refractivity contribution in [3.05, 3.63) is 29.6 Å². The summed E-state index contributed by atoms with van der Waals surface area (Å²) in [7, 11) is 0. The second-order valence-electron chi connectivity index (χ2n) is 3.67. The highest BCUT2D eigenvalue weighted by atomic mass is 19.4. The van der Waals surface area contributed by atoms with Gasteiger partial charge in [-0.2, -0.15) is 13.2 Å². The number of hydrogen-bond acceptors (Lipinski definition) is 2. The number of amides is 1. The van der Waals surface area contributed by atoms with E-state index in [0.717, 1.165) is 12.1 Å². The molecule has 0 radical (unpaired) electrons. The molecule has 18 heavy (non-hydrogen) atoms. The number of benzene rings is 1. The molecule has 1 amide bonds. The number of carbonyl (C=O) groups excluding carboxylic acids is 1. The number of alkyl halides is 3. The van der Waals surface area contributed by atoms with Gasteiger partial charge in [-0.3, -0.25) is 4.79 Å². The van der Waals surface area contributed by atoms with E-state index in [9.17, 15) is 22.4 Å². The summed E-state index contributed by atoms with van der Waals surface area (Å²) in [5.41, 5.74) is 5.03. The normalized spacial score (nSPS) is 11.4. The summed E-state index contributed by atoms with van der Waals surface area (Å²) in [6.07, 6.45) is -4.53. The number of halogens is 4. The largest absolute Gasteiger partial charge is 0.406 e. The Morgan fingerprint density at radius 1 is 1.39 bits per heavy atom. The van der Waals surface area contributed by atoms with Crippen LogP contribution in [0.15, 0.2) is 18.2 Å². The van der Waals surface area contributed by atoms with Gasteiger partial charge in [0.1, 0.15) is 12.4 Å². The highest BCUT2D eigenvalue weighted by Crippen LogP contribution is 2.20. The molecular formula is C11H12F4N2O. The van der Waals surface area contributed by atoms with Crippen LogP contribution in [0.2, 0.25) is 0 Å². The first-order valence-electron chi connectivity index (χ1n) is 5.15. The fraction of sp³-hybridized carbons (Fsp3) is 0.364. The molecule has 1 rings (SSSR count). The van der Waals surface area contributed by atoms with Crippen molar-refractivity contribution in [2.75, 3.05) is 18.8 Å². The fourth-order valence-electron chi connectivity index (χ4n) is 1.42. The minimum absolute atomic E-state index is 0.114. The molecule has 0 fully saturated rings. The lowest BCUT2D eigenvalue weighted by Gasteiger charge is -2.22. The SMILES string of the molecule is CCN(CC(F)(F)F)C(=O)c1cc(N)ccc1F. The highest BCUT2D eigenvalue weighted by Gasteiger charge is 2.33. The summed E-state index contributed by atoms with van der Waals surface area (Å²) in [5, 5.41) is 0. The maximum absolute atomic E-state index is 13.4. The molecule has 3 nitrogen and oxygen atoms in total. The Morgan fingerprint density at radius 2 is 2.00 bits per heavy atom. The molecule has 0 bridgehead atoms. The Bertz CT molecular complexity index is 445. The minimum atomic E-state index is -4.53. The average Bonchev–Trinajstić information content (AvgIpc) is 2.27. The summed E-state index contributed by atoms with van der Waals surface area (Å²) in [5.74, 6) is -1.92. The van der Waals surface area contributed by atoms with Crippen molar-refractivity contribution in [1.82, 2.24) is 4.90 Å². The summed E-state index contributed by atoms with van der Waals surface area (Å²) in [6, 6.07) is 3.20. The van der Waals surface area contributed by atoms with Crippen molar-refractivity contribution in [2.24, 2.45) is 0 Å². The average molecular weight is 264 g/mol. The molecule has 0 atom stereocenters. The zero-order chi connectivity index (χ0) is 13.9. The van der Waals surface area contributed by atoms with E-state index in [2.05, 4.69) is 0 Å². The standard InChI is InChI=1S/C11H12F4N2O/c1-2-17(6-11(13,14)15)10(18)8-5-7(16)3-4-9(8)12/h3-5H,2,6,16H2,1H3. The maximum atomic E-state index is 13.4. The van der Waals surface area contributed by atoms with E-state index in [1.165, 1.54) is 13.0 Å². The Labute approximate surface area is 101 Å². The number of anilines is 1. The van der Waals surface area contributed by atoms with Crippen LogP contribution < -0.4 is 5.73 Å². The second-order valence-corrected chi connectivity index (χ2v) is 3.67. The molecule has 0 spiro atoms. The van der Waals surface area contributed by atoms with Gasteiger partial charge in [-0.25, -0.2) is 4.39 Å². The minimum Gasteiger partial charge on any atom is -0.399 e. The van der Waals surface area contributed by atoms with Crippen LogP contribution >= 0.6 is 0 Å². The van der Waals surface area contributed by atoms with Gasteiger partial charge in [0.25, 0.3) is 5.91 Å². The van der Waals surface area contributed by atoms with E-state index in [-0.39, 0.29) is 12.2 Å². The van der Waals surface area contributed by atoms with E-state index in [4.69, 9.17) is 5.73 Å². The Kier molecular flexibility index (Phi) is 4.15. The number of nitrogen functional groups attached to an aromatic ring is 1. The van der Waals surface area contributed by atoms with E-state index in [1.54, 1.807) is 0 Å². The van der Waals surface area contributed by atoms with Crippen LogP contribution in [0.3, 0.4) is 0 Å². The van der Waals surface area contributed by atoms with Gasteiger partial charge >= 0.3 is 6.18 Å². The maximum Gasteiger partial charge on any atom is 0.406 e. The first kappa shape index (κ1) is 14.3. The van der Waals surface area contributed by atoms with Crippen LogP contribution in [0.1, 0.15) is 17.3 Å². The number of carbonyl (C=O) groups is 1. The molecule has 0 saturated heterocycles. The van der Waals surface area contributed by atoms with Gasteiger partial charge in [-0.15, -0.1) is 0 Å². The molecule has 7 heteroatoms. The van der Waals surface area contributed by atoms with Gasteiger partial charge in [0, 0.05) is 12.2 Å². The molecule has 0 aliphatic carbocycles. The number of nitrogens with zero attached hydrogens (tertiary/aromatic N) is 1. The third kappa shape index (κ3) is 3.61. The zero-order valence-corrected chi connectivity index (χ0v) is 9.59. The number of hydrogen-bond donors (Lipinski definition) is 1. The van der Waals surface area contributed by atoms with Gasteiger partial charge in [-0.05, 0) is 25.1 Å². The number of nitrogens with two attached hydrogens (primary N) is 1. The lowest BCUT2D eigenvalue weighted by atomic mass is 10.1. The molecular weight excluding hydrogens is 252 g/mol. The fourth-order valence-corrected chi connectivity index (χ4v) is 1.42. The topological polar surface area (TPSA) is 46.3 Å². The Balaban J connectivity index is 3.00. The lowest BCUT2D eigenvalue weighted by molar-refractivity contribution is -0.140. The molecule has 0 aliphatic heterocycles. The van der Waals surface area contributed by atoms with E-state index in [0.29, 0.717) is 4.90 Å².